The zero-order chi connectivity index (χ0) is 25.0. The lowest BCUT2D eigenvalue weighted by atomic mass is 9.94. The number of carbonyl (C=O) groups excluding carboxylic acids is 2. The third-order valence-electron chi connectivity index (χ3n) is 6.61. The molecule has 1 heterocycles. The van der Waals surface area contributed by atoms with Crippen LogP contribution in [0.3, 0.4) is 0 Å². The predicted molar refractivity (Wildman–Crippen MR) is 134 cm³/mol. The quantitative estimate of drug-likeness (QED) is 0.513. The van der Waals surface area contributed by atoms with Gasteiger partial charge in [0.25, 0.3) is 5.91 Å². The van der Waals surface area contributed by atoms with E-state index in [-0.39, 0.29) is 28.8 Å². The third kappa shape index (κ3) is 6.64. The number of nitrogens with zero attached hydrogens (tertiary/aromatic N) is 3. The van der Waals surface area contributed by atoms with Gasteiger partial charge in [0.05, 0.1) is 11.4 Å². The van der Waals surface area contributed by atoms with Crippen molar-refractivity contribution in [1.82, 2.24) is 14.7 Å². The average Bonchev–Trinajstić information content (AvgIpc) is 3.67. The Hall–Kier alpha value is -2.85. The topological polar surface area (TPSA) is 121 Å². The lowest BCUT2D eigenvalue weighted by Crippen LogP contribution is -2.39. The highest BCUT2D eigenvalue weighted by molar-refractivity contribution is 7.89. The Morgan fingerprint density at radius 3 is 2.46 bits per heavy atom. The van der Waals surface area contributed by atoms with Crippen molar-refractivity contribution < 1.29 is 18.0 Å². The van der Waals surface area contributed by atoms with Gasteiger partial charge >= 0.3 is 0 Å². The fraction of sp³-hybridized carbons (Fsp3) is 0.520. The molecule has 0 spiro atoms. The van der Waals surface area contributed by atoms with Crippen LogP contribution in [-0.4, -0.2) is 49.2 Å². The first-order valence-corrected chi connectivity index (χ1v) is 13.7. The minimum absolute atomic E-state index is 0.0294. The van der Waals surface area contributed by atoms with E-state index in [1.165, 1.54) is 57.5 Å². The molecule has 188 valence electrons. The molecule has 0 unspecified atom stereocenters. The molecule has 0 atom stereocenters. The van der Waals surface area contributed by atoms with Gasteiger partial charge in [0.1, 0.15) is 23.6 Å². The number of ketones is 1. The molecule has 2 fully saturated rings. The Morgan fingerprint density at radius 2 is 1.80 bits per heavy atom. The minimum atomic E-state index is -3.82. The summed E-state index contributed by atoms with van der Waals surface area (Å²) >= 11 is 0. The van der Waals surface area contributed by atoms with Gasteiger partial charge < -0.3 is 10.2 Å². The number of nitrogens with one attached hydrogen (secondary N) is 2. The van der Waals surface area contributed by atoms with Gasteiger partial charge in [0.15, 0.2) is 0 Å². The Labute approximate surface area is 206 Å². The SMILES string of the molecule is CC(=O)CNS(=O)(=O)c1ccc(NC(=O)c2cc(N(CC3CC3)C3CCCCC3)ncn2)c(C)c1. The van der Waals surface area contributed by atoms with Crippen LogP contribution in [0, 0.1) is 12.8 Å². The van der Waals surface area contributed by atoms with Crippen LogP contribution in [0.2, 0.25) is 0 Å². The number of sulfonamides is 1. The van der Waals surface area contributed by atoms with E-state index in [1.807, 2.05) is 0 Å². The smallest absolute Gasteiger partial charge is 0.274 e. The molecule has 1 aromatic heterocycles. The van der Waals surface area contributed by atoms with E-state index in [2.05, 4.69) is 24.9 Å². The number of carbonyl (C=O) groups is 2. The summed E-state index contributed by atoms with van der Waals surface area (Å²) in [6.07, 6.45) is 9.95. The molecule has 10 heteroatoms. The van der Waals surface area contributed by atoms with Crippen LogP contribution in [0.15, 0.2) is 35.5 Å². The molecule has 2 aliphatic carbocycles. The molecular weight excluding hydrogens is 466 g/mol. The summed E-state index contributed by atoms with van der Waals surface area (Å²) in [7, 11) is -3.82. The number of hydrogen-bond donors (Lipinski definition) is 2. The lowest BCUT2D eigenvalue weighted by Gasteiger charge is -2.35. The van der Waals surface area contributed by atoms with Gasteiger partial charge in [0.2, 0.25) is 10.0 Å². The Bertz CT molecular complexity index is 1190. The standard InChI is InChI=1S/C25H33N5O4S/c1-17-12-21(35(33,34)28-14-18(2)31)10-11-22(17)29-25(32)23-13-24(27-16-26-23)30(15-19-8-9-19)20-6-4-3-5-7-20/h10-13,16,19-20,28H,3-9,14-15H2,1-2H3,(H,29,32). The summed E-state index contributed by atoms with van der Waals surface area (Å²) in [5.74, 6) is 0.833. The van der Waals surface area contributed by atoms with Crippen LogP contribution in [0.5, 0.6) is 0 Å². The van der Waals surface area contributed by atoms with E-state index >= 15 is 0 Å². The molecule has 0 saturated heterocycles. The van der Waals surface area contributed by atoms with Gasteiger partial charge in [-0.3, -0.25) is 9.59 Å². The van der Waals surface area contributed by atoms with E-state index < -0.39 is 10.0 Å². The largest absolute Gasteiger partial charge is 0.353 e. The van der Waals surface area contributed by atoms with Gasteiger partial charge in [0, 0.05) is 24.3 Å². The first-order valence-electron chi connectivity index (χ1n) is 12.2. The second-order valence-electron chi connectivity index (χ2n) is 9.61. The molecule has 2 aromatic rings. The molecule has 1 aromatic carbocycles. The van der Waals surface area contributed by atoms with E-state index in [9.17, 15) is 18.0 Å². The highest BCUT2D eigenvalue weighted by Crippen LogP contribution is 2.34. The van der Waals surface area contributed by atoms with Crippen LogP contribution >= 0.6 is 0 Å². The van der Waals surface area contributed by atoms with Crippen molar-refractivity contribution in [2.24, 2.45) is 5.92 Å². The fourth-order valence-electron chi connectivity index (χ4n) is 4.44. The van der Waals surface area contributed by atoms with E-state index in [1.54, 1.807) is 19.1 Å². The van der Waals surface area contributed by atoms with Crippen molar-refractivity contribution in [3.63, 3.8) is 0 Å². The number of amides is 1. The monoisotopic (exact) mass is 499 g/mol. The van der Waals surface area contributed by atoms with Crippen LogP contribution in [-0.2, 0) is 14.8 Å². The number of aromatic nitrogens is 2. The zero-order valence-electron chi connectivity index (χ0n) is 20.3. The Morgan fingerprint density at radius 1 is 1.06 bits per heavy atom. The number of rotatable bonds is 10. The van der Waals surface area contributed by atoms with Crippen LogP contribution in [0.1, 0.15) is 67.9 Å². The predicted octanol–water partition coefficient (Wildman–Crippen LogP) is 3.45. The van der Waals surface area contributed by atoms with Gasteiger partial charge in [-0.15, -0.1) is 0 Å². The normalized spacial score (nSPS) is 16.6. The van der Waals surface area contributed by atoms with Crippen LogP contribution in [0.25, 0.3) is 0 Å². The maximum atomic E-state index is 13.0. The molecule has 0 radical (unpaired) electrons. The Kier molecular flexibility index (Phi) is 7.81. The molecular formula is C25H33N5O4S. The maximum Gasteiger partial charge on any atom is 0.274 e. The third-order valence-corrected chi connectivity index (χ3v) is 8.01. The van der Waals surface area contributed by atoms with Gasteiger partial charge in [-0.2, -0.15) is 0 Å². The first-order chi connectivity index (χ1) is 16.7. The molecule has 0 aliphatic heterocycles. The summed E-state index contributed by atoms with van der Waals surface area (Å²) in [5.41, 5.74) is 1.34. The van der Waals surface area contributed by atoms with Crippen LogP contribution in [0.4, 0.5) is 11.5 Å². The van der Waals surface area contributed by atoms with Crippen molar-refractivity contribution in [3.05, 3.63) is 41.9 Å². The number of anilines is 2. The highest BCUT2D eigenvalue weighted by Gasteiger charge is 2.30. The molecule has 9 nitrogen and oxygen atoms in total. The first kappa shape index (κ1) is 25.2. The molecule has 2 N–H and O–H groups in total. The van der Waals surface area contributed by atoms with Crippen molar-refractivity contribution in [1.29, 1.82) is 0 Å². The van der Waals surface area contributed by atoms with Crippen molar-refractivity contribution in [3.8, 4) is 0 Å². The second kappa shape index (κ2) is 10.8. The van der Waals surface area contributed by atoms with Crippen molar-refractivity contribution in [2.45, 2.75) is 69.7 Å². The molecule has 4 rings (SSSR count). The molecule has 35 heavy (non-hydrogen) atoms. The molecule has 0 bridgehead atoms. The van der Waals surface area contributed by atoms with Crippen molar-refractivity contribution in [2.75, 3.05) is 23.3 Å². The van der Waals surface area contributed by atoms with Crippen LogP contribution < -0.4 is 14.9 Å². The number of benzene rings is 1. The van der Waals surface area contributed by atoms with Gasteiger partial charge in [-0.05, 0) is 69.2 Å². The highest BCUT2D eigenvalue weighted by atomic mass is 32.2. The molecule has 1 amide bonds. The number of hydrogen-bond acceptors (Lipinski definition) is 7. The van der Waals surface area contributed by atoms with E-state index in [0.29, 0.717) is 23.2 Å². The lowest BCUT2D eigenvalue weighted by molar-refractivity contribution is -0.115. The van der Waals surface area contributed by atoms with Gasteiger partial charge in [-0.1, -0.05) is 19.3 Å². The van der Waals surface area contributed by atoms with E-state index in [4.69, 9.17) is 0 Å². The zero-order valence-corrected chi connectivity index (χ0v) is 21.1. The summed E-state index contributed by atoms with van der Waals surface area (Å²) in [6.45, 7) is 3.72. The van der Waals surface area contributed by atoms with Crippen molar-refractivity contribution >= 4 is 33.2 Å². The summed E-state index contributed by atoms with van der Waals surface area (Å²) in [4.78, 5) is 35.3. The summed E-state index contributed by atoms with van der Waals surface area (Å²) in [6, 6.07) is 6.61. The second-order valence-corrected chi connectivity index (χ2v) is 11.4. The number of Topliss-reactive ketones (excluding diaryl/α,β-unsaturated/α-hetero) is 1. The molecule has 2 saturated carbocycles. The summed E-state index contributed by atoms with van der Waals surface area (Å²) in [5, 5.41) is 2.84. The fourth-order valence-corrected chi connectivity index (χ4v) is 5.58. The summed E-state index contributed by atoms with van der Waals surface area (Å²) < 4.78 is 27.0. The maximum absolute atomic E-state index is 13.0. The number of aryl methyl sites for hydroxylation is 1. The van der Waals surface area contributed by atoms with E-state index in [0.717, 1.165) is 25.2 Å². The minimum Gasteiger partial charge on any atom is -0.353 e. The van der Waals surface area contributed by atoms with Gasteiger partial charge in [-0.25, -0.2) is 23.1 Å². The average molecular weight is 500 g/mol. The molecule has 2 aliphatic rings. The Balaban J connectivity index is 1.49.